The lowest BCUT2D eigenvalue weighted by atomic mass is 9.92. The summed E-state index contributed by atoms with van der Waals surface area (Å²) in [6.07, 6.45) is 2.58. The van der Waals surface area contributed by atoms with E-state index in [1.807, 2.05) is 0 Å². The van der Waals surface area contributed by atoms with Crippen LogP contribution < -0.4 is 10.2 Å². The molecule has 2 aliphatic rings. The molecule has 4 nitrogen and oxygen atoms in total. The molecule has 3 atom stereocenters. The van der Waals surface area contributed by atoms with Gasteiger partial charge in [-0.15, -0.1) is 0 Å². The van der Waals surface area contributed by atoms with Gasteiger partial charge < -0.3 is 15.1 Å². The highest BCUT2D eigenvalue weighted by Crippen LogP contribution is 2.24. The van der Waals surface area contributed by atoms with Gasteiger partial charge in [-0.05, 0) is 49.7 Å². The van der Waals surface area contributed by atoms with Crippen molar-refractivity contribution in [2.24, 2.45) is 22.7 Å². The molecular weight excluding hydrogens is 308 g/mol. The standard InChI is InChI=1S/C21H34N4/c1-4-22-21(25-14-17(2)12-18(3)15-25)23-13-19-10-11-24(16-19)20-8-6-5-7-9-20/h5-9,17-19H,4,10-16H2,1-3H3,(H,22,23). The van der Waals surface area contributed by atoms with E-state index in [0.29, 0.717) is 5.92 Å². The number of guanidine groups is 1. The second kappa shape index (κ2) is 8.59. The summed E-state index contributed by atoms with van der Waals surface area (Å²) < 4.78 is 0. The van der Waals surface area contributed by atoms with Crippen LogP contribution in [0.3, 0.4) is 0 Å². The van der Waals surface area contributed by atoms with E-state index in [9.17, 15) is 0 Å². The molecule has 138 valence electrons. The Balaban J connectivity index is 1.58. The van der Waals surface area contributed by atoms with Crippen molar-refractivity contribution in [2.45, 2.75) is 33.6 Å². The molecule has 1 aromatic rings. The van der Waals surface area contributed by atoms with Crippen LogP contribution in [0.2, 0.25) is 0 Å². The Morgan fingerprint density at radius 3 is 2.52 bits per heavy atom. The van der Waals surface area contributed by atoms with E-state index in [0.717, 1.165) is 57.1 Å². The summed E-state index contributed by atoms with van der Waals surface area (Å²) in [6, 6.07) is 10.8. The van der Waals surface area contributed by atoms with Gasteiger partial charge in [0.25, 0.3) is 0 Å². The normalized spacial score (nSPS) is 27.6. The van der Waals surface area contributed by atoms with Gasteiger partial charge in [0.05, 0.1) is 0 Å². The zero-order valence-corrected chi connectivity index (χ0v) is 16.1. The number of anilines is 1. The topological polar surface area (TPSA) is 30.9 Å². The maximum Gasteiger partial charge on any atom is 0.193 e. The van der Waals surface area contributed by atoms with E-state index in [-0.39, 0.29) is 0 Å². The second-order valence-electron chi connectivity index (χ2n) is 7.98. The highest BCUT2D eigenvalue weighted by Gasteiger charge is 2.26. The average Bonchev–Trinajstić information content (AvgIpc) is 3.07. The number of benzene rings is 1. The molecule has 3 unspecified atom stereocenters. The fourth-order valence-electron chi connectivity index (χ4n) is 4.33. The van der Waals surface area contributed by atoms with Gasteiger partial charge in [0.2, 0.25) is 0 Å². The Hall–Kier alpha value is -1.71. The van der Waals surface area contributed by atoms with E-state index in [2.05, 4.69) is 66.2 Å². The van der Waals surface area contributed by atoms with Crippen molar-refractivity contribution in [3.05, 3.63) is 30.3 Å². The summed E-state index contributed by atoms with van der Waals surface area (Å²) >= 11 is 0. The molecule has 4 heteroatoms. The molecule has 0 amide bonds. The molecule has 2 aliphatic heterocycles. The summed E-state index contributed by atoms with van der Waals surface area (Å²) in [6.45, 7) is 13.3. The predicted octanol–water partition coefficient (Wildman–Crippen LogP) is 3.46. The van der Waals surface area contributed by atoms with Crippen LogP contribution >= 0.6 is 0 Å². The number of hydrogen-bond donors (Lipinski definition) is 1. The molecule has 1 aromatic carbocycles. The fourth-order valence-corrected chi connectivity index (χ4v) is 4.33. The SMILES string of the molecule is CCNC(=NCC1CCN(c2ccccc2)C1)N1CC(C)CC(C)C1. The Labute approximate surface area is 153 Å². The first-order valence-electron chi connectivity index (χ1n) is 9.99. The largest absolute Gasteiger partial charge is 0.371 e. The van der Waals surface area contributed by atoms with Crippen LogP contribution in [-0.2, 0) is 0 Å². The highest BCUT2D eigenvalue weighted by molar-refractivity contribution is 5.80. The molecule has 3 rings (SSSR count). The first-order valence-corrected chi connectivity index (χ1v) is 9.99. The molecule has 1 N–H and O–H groups in total. The van der Waals surface area contributed by atoms with Crippen molar-refractivity contribution in [2.75, 3.05) is 44.2 Å². The summed E-state index contributed by atoms with van der Waals surface area (Å²) in [7, 11) is 0. The number of likely N-dealkylation sites (tertiary alicyclic amines) is 1. The highest BCUT2D eigenvalue weighted by atomic mass is 15.3. The van der Waals surface area contributed by atoms with Crippen molar-refractivity contribution in [3.8, 4) is 0 Å². The zero-order chi connectivity index (χ0) is 17.6. The monoisotopic (exact) mass is 342 g/mol. The molecule has 0 saturated carbocycles. The maximum absolute atomic E-state index is 5.02. The second-order valence-corrected chi connectivity index (χ2v) is 7.98. The fraction of sp³-hybridized carbons (Fsp3) is 0.667. The lowest BCUT2D eigenvalue weighted by molar-refractivity contribution is 0.208. The number of hydrogen-bond acceptors (Lipinski definition) is 2. The molecule has 0 bridgehead atoms. The first kappa shape index (κ1) is 18.1. The third-order valence-electron chi connectivity index (χ3n) is 5.41. The number of nitrogens with zero attached hydrogens (tertiary/aromatic N) is 3. The number of rotatable bonds is 4. The van der Waals surface area contributed by atoms with Gasteiger partial charge >= 0.3 is 0 Å². The lowest BCUT2D eigenvalue weighted by Crippen LogP contribution is -2.48. The van der Waals surface area contributed by atoms with Crippen LogP contribution in [0.4, 0.5) is 5.69 Å². The van der Waals surface area contributed by atoms with Crippen LogP contribution in [0, 0.1) is 17.8 Å². The molecule has 0 aliphatic carbocycles. The van der Waals surface area contributed by atoms with Gasteiger partial charge in [-0.1, -0.05) is 32.0 Å². The molecule has 2 saturated heterocycles. The summed E-state index contributed by atoms with van der Waals surface area (Å²) in [5.41, 5.74) is 1.35. The molecule has 0 spiro atoms. The Bertz CT molecular complexity index is 546. The number of nitrogens with one attached hydrogen (secondary N) is 1. The Morgan fingerprint density at radius 2 is 1.84 bits per heavy atom. The summed E-state index contributed by atoms with van der Waals surface area (Å²) in [5.74, 6) is 3.30. The maximum atomic E-state index is 5.02. The van der Waals surface area contributed by atoms with Gasteiger partial charge in [-0.3, -0.25) is 4.99 Å². The number of piperidine rings is 1. The molecular formula is C21H34N4. The predicted molar refractivity (Wildman–Crippen MR) is 107 cm³/mol. The van der Waals surface area contributed by atoms with E-state index in [1.54, 1.807) is 0 Å². The van der Waals surface area contributed by atoms with Gasteiger partial charge in [0.15, 0.2) is 5.96 Å². The van der Waals surface area contributed by atoms with Crippen LogP contribution in [0.5, 0.6) is 0 Å². The van der Waals surface area contributed by atoms with Crippen molar-refractivity contribution >= 4 is 11.6 Å². The van der Waals surface area contributed by atoms with Gasteiger partial charge in [0.1, 0.15) is 0 Å². The van der Waals surface area contributed by atoms with E-state index < -0.39 is 0 Å². The molecule has 0 aromatic heterocycles. The Kier molecular flexibility index (Phi) is 6.22. The lowest BCUT2D eigenvalue weighted by Gasteiger charge is -2.37. The van der Waals surface area contributed by atoms with Gasteiger partial charge in [-0.25, -0.2) is 0 Å². The minimum Gasteiger partial charge on any atom is -0.371 e. The van der Waals surface area contributed by atoms with Crippen molar-refractivity contribution < 1.29 is 0 Å². The van der Waals surface area contributed by atoms with Crippen LogP contribution in [-0.4, -0.2) is 50.1 Å². The van der Waals surface area contributed by atoms with Crippen molar-refractivity contribution in [3.63, 3.8) is 0 Å². The molecule has 2 fully saturated rings. The van der Waals surface area contributed by atoms with Crippen molar-refractivity contribution in [1.29, 1.82) is 0 Å². The average molecular weight is 343 g/mol. The van der Waals surface area contributed by atoms with E-state index in [1.165, 1.54) is 18.5 Å². The van der Waals surface area contributed by atoms with Crippen LogP contribution in [0.15, 0.2) is 35.3 Å². The van der Waals surface area contributed by atoms with Crippen LogP contribution in [0.1, 0.15) is 33.6 Å². The Morgan fingerprint density at radius 1 is 1.12 bits per heavy atom. The van der Waals surface area contributed by atoms with E-state index in [4.69, 9.17) is 4.99 Å². The number of para-hydroxylation sites is 1. The minimum atomic E-state index is 0.661. The minimum absolute atomic E-state index is 0.661. The van der Waals surface area contributed by atoms with Crippen molar-refractivity contribution in [1.82, 2.24) is 10.2 Å². The summed E-state index contributed by atoms with van der Waals surface area (Å²) in [4.78, 5) is 10.00. The van der Waals surface area contributed by atoms with Gasteiger partial charge in [-0.2, -0.15) is 0 Å². The first-order chi connectivity index (χ1) is 12.2. The number of aliphatic imine (C=N–C) groups is 1. The van der Waals surface area contributed by atoms with Crippen LogP contribution in [0.25, 0.3) is 0 Å². The molecule has 25 heavy (non-hydrogen) atoms. The summed E-state index contributed by atoms with van der Waals surface area (Å²) in [5, 5.41) is 3.52. The van der Waals surface area contributed by atoms with E-state index >= 15 is 0 Å². The molecule has 2 heterocycles. The molecule has 0 radical (unpaired) electrons. The quantitative estimate of drug-likeness (QED) is 0.671. The van der Waals surface area contributed by atoms with Gasteiger partial charge in [0, 0.05) is 45.0 Å². The smallest absolute Gasteiger partial charge is 0.193 e. The third kappa shape index (κ3) is 4.90. The third-order valence-corrected chi connectivity index (χ3v) is 5.41. The zero-order valence-electron chi connectivity index (χ0n) is 16.1.